The SMILES string of the molecule is CC(C)C(NC(=O)C1CCC(C(C)(C)C)CC1)c1nc(-c2ccncc2)no1. The summed E-state index contributed by atoms with van der Waals surface area (Å²) in [5, 5.41) is 7.25. The number of carbonyl (C=O) groups is 1. The van der Waals surface area contributed by atoms with Crippen LogP contribution in [-0.4, -0.2) is 21.0 Å². The van der Waals surface area contributed by atoms with E-state index < -0.39 is 0 Å². The molecule has 0 saturated heterocycles. The van der Waals surface area contributed by atoms with Gasteiger partial charge in [0.15, 0.2) is 0 Å². The zero-order chi connectivity index (χ0) is 20.3. The Morgan fingerprint density at radius 1 is 1.14 bits per heavy atom. The first kappa shape index (κ1) is 20.5. The number of aromatic nitrogens is 3. The van der Waals surface area contributed by atoms with Crippen LogP contribution in [0, 0.1) is 23.2 Å². The van der Waals surface area contributed by atoms with Crippen LogP contribution in [0.2, 0.25) is 0 Å². The van der Waals surface area contributed by atoms with Gasteiger partial charge in [0.25, 0.3) is 0 Å². The lowest BCUT2D eigenvalue weighted by atomic mass is 9.69. The molecule has 152 valence electrons. The van der Waals surface area contributed by atoms with E-state index in [1.165, 1.54) is 0 Å². The van der Waals surface area contributed by atoms with Crippen LogP contribution in [-0.2, 0) is 4.79 Å². The van der Waals surface area contributed by atoms with Crippen molar-refractivity contribution in [3.05, 3.63) is 30.4 Å². The van der Waals surface area contributed by atoms with Crippen molar-refractivity contribution in [3.8, 4) is 11.4 Å². The fourth-order valence-electron chi connectivity index (χ4n) is 3.99. The van der Waals surface area contributed by atoms with Crippen molar-refractivity contribution in [2.45, 2.75) is 66.3 Å². The minimum absolute atomic E-state index is 0.0717. The Kier molecular flexibility index (Phi) is 6.16. The molecule has 2 heterocycles. The van der Waals surface area contributed by atoms with Crippen molar-refractivity contribution in [2.75, 3.05) is 0 Å². The lowest BCUT2D eigenvalue weighted by Crippen LogP contribution is -2.39. The number of amides is 1. The predicted molar refractivity (Wildman–Crippen MR) is 108 cm³/mol. The van der Waals surface area contributed by atoms with Gasteiger partial charge in [-0.25, -0.2) is 0 Å². The van der Waals surface area contributed by atoms with Crippen LogP contribution in [0.1, 0.15) is 72.2 Å². The van der Waals surface area contributed by atoms with Crippen LogP contribution in [0.3, 0.4) is 0 Å². The maximum Gasteiger partial charge on any atom is 0.249 e. The lowest BCUT2D eigenvalue weighted by Gasteiger charge is -2.36. The van der Waals surface area contributed by atoms with Crippen LogP contribution >= 0.6 is 0 Å². The molecule has 1 N–H and O–H groups in total. The molecule has 1 aliphatic carbocycles. The first-order chi connectivity index (χ1) is 13.3. The minimum Gasteiger partial charge on any atom is -0.344 e. The molecular formula is C22H32N4O2. The normalized spacial score (nSPS) is 21.5. The second kappa shape index (κ2) is 8.41. The Hall–Kier alpha value is -2.24. The van der Waals surface area contributed by atoms with Gasteiger partial charge in [0.1, 0.15) is 6.04 Å². The van der Waals surface area contributed by atoms with Gasteiger partial charge in [-0.3, -0.25) is 9.78 Å². The van der Waals surface area contributed by atoms with Gasteiger partial charge < -0.3 is 9.84 Å². The molecule has 0 spiro atoms. The number of hydrogen-bond donors (Lipinski definition) is 1. The molecule has 2 aromatic rings. The number of carbonyl (C=O) groups excluding carboxylic acids is 1. The first-order valence-corrected chi connectivity index (χ1v) is 10.3. The molecule has 1 saturated carbocycles. The molecule has 1 amide bonds. The van der Waals surface area contributed by atoms with Crippen LogP contribution in [0.15, 0.2) is 29.0 Å². The zero-order valence-electron chi connectivity index (χ0n) is 17.6. The van der Waals surface area contributed by atoms with Gasteiger partial charge in [-0.15, -0.1) is 0 Å². The maximum absolute atomic E-state index is 12.9. The van der Waals surface area contributed by atoms with E-state index >= 15 is 0 Å². The molecule has 0 radical (unpaired) electrons. The minimum atomic E-state index is -0.282. The summed E-state index contributed by atoms with van der Waals surface area (Å²) in [6.45, 7) is 11.0. The lowest BCUT2D eigenvalue weighted by molar-refractivity contribution is -0.127. The molecule has 6 nitrogen and oxygen atoms in total. The Morgan fingerprint density at radius 3 is 2.36 bits per heavy atom. The van der Waals surface area contributed by atoms with E-state index in [2.05, 4.69) is 55.1 Å². The van der Waals surface area contributed by atoms with Gasteiger partial charge in [-0.2, -0.15) is 4.98 Å². The molecule has 28 heavy (non-hydrogen) atoms. The molecule has 0 aromatic carbocycles. The number of hydrogen-bond acceptors (Lipinski definition) is 5. The third kappa shape index (κ3) is 4.78. The summed E-state index contributed by atoms with van der Waals surface area (Å²) in [7, 11) is 0. The average molecular weight is 385 g/mol. The molecule has 1 unspecified atom stereocenters. The monoisotopic (exact) mass is 384 g/mol. The topological polar surface area (TPSA) is 80.9 Å². The molecular weight excluding hydrogens is 352 g/mol. The van der Waals surface area contributed by atoms with E-state index in [0.29, 0.717) is 23.0 Å². The van der Waals surface area contributed by atoms with Crippen LogP contribution < -0.4 is 5.32 Å². The third-order valence-corrected chi connectivity index (χ3v) is 5.93. The summed E-state index contributed by atoms with van der Waals surface area (Å²) in [5.41, 5.74) is 1.16. The predicted octanol–water partition coefficient (Wildman–Crippen LogP) is 4.80. The molecule has 3 rings (SSSR count). The second-order valence-electron chi connectivity index (χ2n) is 9.34. The highest BCUT2D eigenvalue weighted by Gasteiger charge is 2.34. The van der Waals surface area contributed by atoms with E-state index in [4.69, 9.17) is 4.52 Å². The molecule has 1 aliphatic rings. The highest BCUT2D eigenvalue weighted by molar-refractivity contribution is 5.79. The summed E-state index contributed by atoms with van der Waals surface area (Å²) >= 11 is 0. The summed E-state index contributed by atoms with van der Waals surface area (Å²) in [6.07, 6.45) is 7.51. The Morgan fingerprint density at radius 2 is 1.79 bits per heavy atom. The Balaban J connectivity index is 1.66. The van der Waals surface area contributed by atoms with Crippen LogP contribution in [0.4, 0.5) is 0 Å². The van der Waals surface area contributed by atoms with Crippen LogP contribution in [0.25, 0.3) is 11.4 Å². The largest absolute Gasteiger partial charge is 0.344 e. The van der Waals surface area contributed by atoms with E-state index in [1.807, 2.05) is 12.1 Å². The smallest absolute Gasteiger partial charge is 0.249 e. The van der Waals surface area contributed by atoms with Crippen LogP contribution in [0.5, 0.6) is 0 Å². The van der Waals surface area contributed by atoms with E-state index in [-0.39, 0.29) is 23.8 Å². The Bertz CT molecular complexity index is 771. The third-order valence-electron chi connectivity index (χ3n) is 5.93. The van der Waals surface area contributed by atoms with E-state index in [0.717, 1.165) is 31.2 Å². The van der Waals surface area contributed by atoms with Crippen molar-refractivity contribution in [3.63, 3.8) is 0 Å². The standard InChI is InChI=1S/C22H32N4O2/c1-14(2)18(21-25-19(26-28-21)15-10-12-23-13-11-15)24-20(27)16-6-8-17(9-7-16)22(3,4)5/h10-14,16-18H,6-9H2,1-5H3,(H,24,27). The molecule has 0 aliphatic heterocycles. The molecule has 0 bridgehead atoms. The van der Waals surface area contributed by atoms with Crippen molar-refractivity contribution in [1.29, 1.82) is 0 Å². The summed E-state index contributed by atoms with van der Waals surface area (Å²) in [6, 6.07) is 3.40. The number of nitrogens with zero attached hydrogens (tertiary/aromatic N) is 3. The summed E-state index contributed by atoms with van der Waals surface area (Å²) < 4.78 is 5.50. The van der Waals surface area contributed by atoms with Crippen molar-refractivity contribution in [1.82, 2.24) is 20.4 Å². The van der Waals surface area contributed by atoms with Crippen molar-refractivity contribution >= 4 is 5.91 Å². The second-order valence-corrected chi connectivity index (χ2v) is 9.34. The van der Waals surface area contributed by atoms with Crippen molar-refractivity contribution in [2.24, 2.45) is 23.2 Å². The number of pyridine rings is 1. The molecule has 6 heteroatoms. The van der Waals surface area contributed by atoms with Gasteiger partial charge in [0.05, 0.1) is 0 Å². The first-order valence-electron chi connectivity index (χ1n) is 10.3. The van der Waals surface area contributed by atoms with Gasteiger partial charge in [-0.05, 0) is 55.1 Å². The van der Waals surface area contributed by atoms with Gasteiger partial charge in [0, 0.05) is 23.9 Å². The maximum atomic E-state index is 12.9. The quantitative estimate of drug-likeness (QED) is 0.801. The average Bonchev–Trinajstić information content (AvgIpc) is 3.15. The van der Waals surface area contributed by atoms with E-state index in [9.17, 15) is 4.79 Å². The van der Waals surface area contributed by atoms with Gasteiger partial charge in [0.2, 0.25) is 17.6 Å². The highest BCUT2D eigenvalue weighted by atomic mass is 16.5. The van der Waals surface area contributed by atoms with E-state index in [1.54, 1.807) is 12.4 Å². The number of rotatable bonds is 5. The number of nitrogens with one attached hydrogen (secondary N) is 1. The summed E-state index contributed by atoms with van der Waals surface area (Å²) in [4.78, 5) is 21.4. The van der Waals surface area contributed by atoms with Gasteiger partial charge in [-0.1, -0.05) is 39.8 Å². The van der Waals surface area contributed by atoms with Crippen molar-refractivity contribution < 1.29 is 9.32 Å². The molecule has 2 aromatic heterocycles. The fourth-order valence-corrected chi connectivity index (χ4v) is 3.99. The molecule has 1 fully saturated rings. The highest BCUT2D eigenvalue weighted by Crippen LogP contribution is 2.40. The fraction of sp³-hybridized carbons (Fsp3) is 0.636. The Labute approximate surface area is 167 Å². The zero-order valence-corrected chi connectivity index (χ0v) is 17.6. The molecule has 1 atom stereocenters. The summed E-state index contributed by atoms with van der Waals surface area (Å²) in [5.74, 6) is 2.00. The van der Waals surface area contributed by atoms with Gasteiger partial charge >= 0.3 is 0 Å².